The van der Waals surface area contributed by atoms with Gasteiger partial charge < -0.3 is 14.9 Å². The Bertz CT molecular complexity index is 708. The first kappa shape index (κ1) is 19.5. The fourth-order valence-corrected chi connectivity index (χ4v) is 4.11. The van der Waals surface area contributed by atoms with Gasteiger partial charge in [0.1, 0.15) is 5.54 Å². The lowest BCUT2D eigenvalue weighted by Crippen LogP contribution is -2.57. The lowest BCUT2D eigenvalue weighted by atomic mass is 9.85. The second-order valence-electron chi connectivity index (χ2n) is 7.94. The van der Waals surface area contributed by atoms with Crippen LogP contribution in [0.3, 0.4) is 0 Å². The summed E-state index contributed by atoms with van der Waals surface area (Å²) in [5, 5.41) is 9.27. The van der Waals surface area contributed by atoms with Gasteiger partial charge in [0.25, 0.3) is 5.91 Å². The molecule has 8 nitrogen and oxygen atoms in total. The zero-order chi connectivity index (χ0) is 19.8. The highest BCUT2D eigenvalue weighted by Gasteiger charge is 2.57. The minimum absolute atomic E-state index is 0.0535. The van der Waals surface area contributed by atoms with E-state index in [0.717, 1.165) is 11.4 Å². The summed E-state index contributed by atoms with van der Waals surface area (Å²) in [4.78, 5) is 40.0. The molecule has 3 rings (SSSR count). The molecule has 2 aliphatic heterocycles. The average Bonchev–Trinajstić information content (AvgIpc) is 2.78. The van der Waals surface area contributed by atoms with Crippen LogP contribution in [-0.2, 0) is 4.79 Å². The van der Waals surface area contributed by atoms with Gasteiger partial charge in [-0.2, -0.15) is 0 Å². The molecule has 0 saturated carbocycles. The maximum atomic E-state index is 13.1. The van der Waals surface area contributed by atoms with E-state index >= 15 is 0 Å². The summed E-state index contributed by atoms with van der Waals surface area (Å²) in [6.07, 6.45) is 1.09. The van der Waals surface area contributed by atoms with Gasteiger partial charge in [0, 0.05) is 31.0 Å². The Morgan fingerprint density at radius 1 is 1.15 bits per heavy atom. The molecule has 3 amide bonds. The number of aryl methyl sites for hydroxylation is 2. The van der Waals surface area contributed by atoms with E-state index in [1.165, 1.54) is 4.90 Å². The molecule has 8 heteroatoms. The summed E-state index contributed by atoms with van der Waals surface area (Å²) in [5.41, 5.74) is 1.02. The Labute approximate surface area is 160 Å². The summed E-state index contributed by atoms with van der Waals surface area (Å²) < 4.78 is 0. The van der Waals surface area contributed by atoms with Crippen LogP contribution in [0, 0.1) is 19.8 Å². The van der Waals surface area contributed by atoms with Crippen molar-refractivity contribution < 1.29 is 14.7 Å². The molecule has 2 fully saturated rings. The molecule has 1 spiro atoms. The summed E-state index contributed by atoms with van der Waals surface area (Å²) in [6.45, 7) is 9.57. The van der Waals surface area contributed by atoms with Crippen LogP contribution >= 0.6 is 0 Å². The first-order chi connectivity index (χ1) is 12.8. The molecule has 0 bridgehead atoms. The third-order valence-corrected chi connectivity index (χ3v) is 5.34. The van der Waals surface area contributed by atoms with Crippen molar-refractivity contribution in [1.82, 2.24) is 19.8 Å². The Morgan fingerprint density at radius 3 is 2.26 bits per heavy atom. The monoisotopic (exact) mass is 375 g/mol. The molecular weight excluding hydrogens is 346 g/mol. The molecule has 148 valence electrons. The number of β-amino-alcohol motifs (C(OH)–C–C–N with tert-alkyl or cyclic N) is 1. The molecular formula is C19H29N5O3. The molecule has 3 heterocycles. The number of urea groups is 1. The SMILES string of the molecule is Cc1cc(C)nc(N2CCC3(CC2)C(=O)N(CCO)C(=O)N3CC(C)C)n1. The fraction of sp³-hybridized carbons (Fsp3) is 0.684. The van der Waals surface area contributed by atoms with Crippen LogP contribution in [0.2, 0.25) is 0 Å². The number of carbonyl (C=O) groups is 2. The number of aliphatic hydroxyl groups excluding tert-OH is 1. The van der Waals surface area contributed by atoms with Crippen molar-refractivity contribution >= 4 is 17.9 Å². The number of carbonyl (C=O) groups excluding carboxylic acids is 2. The zero-order valence-electron chi connectivity index (χ0n) is 16.6. The number of hydrogen-bond donors (Lipinski definition) is 1. The first-order valence-corrected chi connectivity index (χ1v) is 9.60. The van der Waals surface area contributed by atoms with Crippen LogP contribution in [0.4, 0.5) is 10.7 Å². The Hall–Kier alpha value is -2.22. The number of piperidine rings is 1. The van der Waals surface area contributed by atoms with Crippen LogP contribution in [0.25, 0.3) is 0 Å². The van der Waals surface area contributed by atoms with Crippen LogP contribution in [0.15, 0.2) is 6.07 Å². The van der Waals surface area contributed by atoms with Crippen molar-refractivity contribution in [2.24, 2.45) is 5.92 Å². The summed E-state index contributed by atoms with van der Waals surface area (Å²) in [6, 6.07) is 1.66. The predicted molar refractivity (Wildman–Crippen MR) is 101 cm³/mol. The van der Waals surface area contributed by atoms with Crippen LogP contribution in [0.5, 0.6) is 0 Å². The van der Waals surface area contributed by atoms with Crippen LogP contribution in [-0.4, -0.2) is 75.1 Å². The van der Waals surface area contributed by atoms with Gasteiger partial charge in [-0.15, -0.1) is 0 Å². The zero-order valence-corrected chi connectivity index (χ0v) is 16.6. The van der Waals surface area contributed by atoms with Crippen LogP contribution < -0.4 is 4.90 Å². The quantitative estimate of drug-likeness (QED) is 0.781. The Morgan fingerprint density at radius 2 is 1.74 bits per heavy atom. The lowest BCUT2D eigenvalue weighted by molar-refractivity contribution is -0.134. The molecule has 2 aliphatic rings. The highest BCUT2D eigenvalue weighted by Crippen LogP contribution is 2.38. The van der Waals surface area contributed by atoms with E-state index in [1.54, 1.807) is 4.90 Å². The van der Waals surface area contributed by atoms with Gasteiger partial charge in [-0.3, -0.25) is 9.69 Å². The molecule has 0 unspecified atom stereocenters. The van der Waals surface area contributed by atoms with Gasteiger partial charge in [-0.25, -0.2) is 14.8 Å². The lowest BCUT2D eigenvalue weighted by Gasteiger charge is -2.42. The molecule has 1 N–H and O–H groups in total. The highest BCUT2D eigenvalue weighted by atomic mass is 16.3. The third-order valence-electron chi connectivity index (χ3n) is 5.34. The van der Waals surface area contributed by atoms with Crippen LogP contribution in [0.1, 0.15) is 38.1 Å². The number of aromatic nitrogens is 2. The number of amides is 3. The number of anilines is 1. The molecule has 2 saturated heterocycles. The average molecular weight is 375 g/mol. The molecule has 27 heavy (non-hydrogen) atoms. The van der Waals surface area contributed by atoms with E-state index in [1.807, 2.05) is 33.8 Å². The fourth-order valence-electron chi connectivity index (χ4n) is 4.11. The molecule has 0 aliphatic carbocycles. The maximum absolute atomic E-state index is 13.1. The molecule has 0 aromatic carbocycles. The maximum Gasteiger partial charge on any atom is 0.327 e. The largest absolute Gasteiger partial charge is 0.395 e. The Balaban J connectivity index is 1.84. The molecule has 0 atom stereocenters. The van der Waals surface area contributed by atoms with Crippen molar-refractivity contribution in [3.63, 3.8) is 0 Å². The smallest absolute Gasteiger partial charge is 0.327 e. The van der Waals surface area contributed by atoms with E-state index in [9.17, 15) is 14.7 Å². The number of hydrogen-bond acceptors (Lipinski definition) is 6. The first-order valence-electron chi connectivity index (χ1n) is 9.60. The minimum atomic E-state index is -0.814. The summed E-state index contributed by atoms with van der Waals surface area (Å²) >= 11 is 0. The number of rotatable bonds is 5. The van der Waals surface area contributed by atoms with Crippen molar-refractivity contribution in [2.75, 3.05) is 37.7 Å². The van der Waals surface area contributed by atoms with Gasteiger partial charge >= 0.3 is 6.03 Å². The van der Waals surface area contributed by atoms with Crippen molar-refractivity contribution in [3.8, 4) is 0 Å². The minimum Gasteiger partial charge on any atom is -0.395 e. The van der Waals surface area contributed by atoms with E-state index < -0.39 is 5.54 Å². The topological polar surface area (TPSA) is 89.9 Å². The molecule has 1 aromatic rings. The third kappa shape index (κ3) is 3.50. The molecule has 0 radical (unpaired) electrons. The second kappa shape index (κ2) is 7.42. The van der Waals surface area contributed by atoms with E-state index in [-0.39, 0.29) is 31.0 Å². The van der Waals surface area contributed by atoms with Crippen molar-refractivity contribution in [2.45, 2.75) is 46.1 Å². The summed E-state index contributed by atoms with van der Waals surface area (Å²) in [5.74, 6) is 0.762. The van der Waals surface area contributed by atoms with Crippen molar-refractivity contribution in [1.29, 1.82) is 0 Å². The molecule has 1 aromatic heterocycles. The standard InChI is InChI=1S/C19H29N5O3/c1-13(2)12-24-18(27)23(9-10-25)16(26)19(24)5-7-22(8-6-19)17-20-14(3)11-15(4)21-17/h11,13,25H,5-10,12H2,1-4H3. The van der Waals surface area contributed by atoms with E-state index in [2.05, 4.69) is 14.9 Å². The van der Waals surface area contributed by atoms with Gasteiger partial charge in [0.15, 0.2) is 0 Å². The number of nitrogens with zero attached hydrogens (tertiary/aromatic N) is 5. The predicted octanol–water partition coefficient (Wildman–Crippen LogP) is 1.34. The van der Waals surface area contributed by atoms with Crippen molar-refractivity contribution in [3.05, 3.63) is 17.5 Å². The van der Waals surface area contributed by atoms with E-state index in [0.29, 0.717) is 38.4 Å². The Kier molecular flexibility index (Phi) is 5.37. The van der Waals surface area contributed by atoms with Gasteiger partial charge in [-0.05, 0) is 38.7 Å². The summed E-state index contributed by atoms with van der Waals surface area (Å²) in [7, 11) is 0. The highest BCUT2D eigenvalue weighted by molar-refractivity contribution is 6.07. The number of aliphatic hydroxyl groups is 1. The second-order valence-corrected chi connectivity index (χ2v) is 7.94. The van der Waals surface area contributed by atoms with Gasteiger partial charge in [-0.1, -0.05) is 13.8 Å². The van der Waals surface area contributed by atoms with E-state index in [4.69, 9.17) is 0 Å². The van der Waals surface area contributed by atoms with Gasteiger partial charge in [0.05, 0.1) is 13.2 Å². The number of imide groups is 1. The van der Waals surface area contributed by atoms with Gasteiger partial charge in [0.2, 0.25) is 5.95 Å². The normalized spacial score (nSPS) is 19.7.